The maximum absolute atomic E-state index is 10.8. The molecule has 0 amide bonds. The lowest BCUT2D eigenvalue weighted by molar-refractivity contribution is 0.0312. The zero-order valence-corrected chi connectivity index (χ0v) is 23.5. The Labute approximate surface area is 231 Å². The molecule has 0 saturated carbocycles. The predicted octanol–water partition coefficient (Wildman–Crippen LogP) is 5.28. The Morgan fingerprint density at radius 2 is 2.08 bits per heavy atom. The van der Waals surface area contributed by atoms with Gasteiger partial charge >= 0.3 is 0 Å². The van der Waals surface area contributed by atoms with Gasteiger partial charge in [0.25, 0.3) is 0 Å². The summed E-state index contributed by atoms with van der Waals surface area (Å²) in [5, 5.41) is 26.1. The zero-order valence-electron chi connectivity index (χ0n) is 19.7. The largest absolute Gasteiger partial charge is 0.389 e. The molecule has 1 aromatic carbocycles. The number of hydrogen-bond acceptors (Lipinski definition) is 8. The highest BCUT2D eigenvalue weighted by Gasteiger charge is 2.38. The van der Waals surface area contributed by atoms with Crippen molar-refractivity contribution in [1.29, 1.82) is 0 Å². The number of benzene rings is 1. The first-order chi connectivity index (χ1) is 17.5. The molecule has 0 aliphatic carbocycles. The van der Waals surface area contributed by atoms with Crippen LogP contribution in [0.15, 0.2) is 41.8 Å². The van der Waals surface area contributed by atoms with Gasteiger partial charge in [-0.3, -0.25) is 4.57 Å². The Bertz CT molecular complexity index is 1410. The first kappa shape index (κ1) is 25.5. The van der Waals surface area contributed by atoms with Crippen LogP contribution >= 0.6 is 45.7 Å². The Kier molecular flexibility index (Phi) is 8.12. The van der Waals surface area contributed by atoms with Crippen molar-refractivity contribution in [3.63, 3.8) is 0 Å². The summed E-state index contributed by atoms with van der Waals surface area (Å²) in [6, 6.07) is 12.3. The van der Waals surface area contributed by atoms with Gasteiger partial charge in [0.15, 0.2) is 28.6 Å². The third-order valence-electron chi connectivity index (χ3n) is 5.86. The van der Waals surface area contributed by atoms with Gasteiger partial charge in [-0.1, -0.05) is 37.5 Å². The molecule has 1 aliphatic rings. The molecule has 1 saturated heterocycles. The van der Waals surface area contributed by atoms with E-state index in [1.165, 1.54) is 15.3 Å². The van der Waals surface area contributed by atoms with Crippen LogP contribution in [-0.4, -0.2) is 47.7 Å². The fourth-order valence-corrected chi connectivity index (χ4v) is 6.58. The highest BCUT2D eigenvalue weighted by Crippen LogP contribution is 2.40. The summed E-state index contributed by atoms with van der Waals surface area (Å²) in [6.07, 6.45) is 1.10. The minimum absolute atomic E-state index is 0.435. The summed E-state index contributed by atoms with van der Waals surface area (Å²) >= 11 is 5.36. The Morgan fingerprint density at radius 3 is 2.81 bits per heavy atom. The van der Waals surface area contributed by atoms with E-state index in [1.807, 2.05) is 28.1 Å². The first-order valence-electron chi connectivity index (χ1n) is 11.8. The van der Waals surface area contributed by atoms with Crippen LogP contribution in [0.25, 0.3) is 21.9 Å². The fraction of sp³-hybridized carbons (Fsp3) is 0.346. The SMILES string of the molecule is CCCCC#Cc1nc2c(NCc3cccc(I)c3)nc(-c3cccs3)nc2n1[C@@H]1SC[C@@H](O)[C@H]1O. The summed E-state index contributed by atoms with van der Waals surface area (Å²) in [5.74, 6) is 8.62. The molecule has 36 heavy (non-hydrogen) atoms. The van der Waals surface area contributed by atoms with E-state index >= 15 is 0 Å². The van der Waals surface area contributed by atoms with Crippen molar-refractivity contribution in [2.75, 3.05) is 11.1 Å². The van der Waals surface area contributed by atoms with Crippen LogP contribution in [0.1, 0.15) is 42.9 Å². The van der Waals surface area contributed by atoms with E-state index in [0.717, 1.165) is 29.7 Å². The van der Waals surface area contributed by atoms with Crippen molar-refractivity contribution in [1.82, 2.24) is 19.5 Å². The van der Waals surface area contributed by atoms with Crippen molar-refractivity contribution in [2.24, 2.45) is 0 Å². The van der Waals surface area contributed by atoms with E-state index in [9.17, 15) is 10.2 Å². The maximum Gasteiger partial charge on any atom is 0.188 e. The number of nitrogens with one attached hydrogen (secondary N) is 1. The van der Waals surface area contributed by atoms with Crippen molar-refractivity contribution in [3.8, 4) is 22.5 Å². The van der Waals surface area contributed by atoms with E-state index in [2.05, 4.69) is 64.9 Å². The Balaban J connectivity index is 1.64. The number of halogens is 1. The topological polar surface area (TPSA) is 96.1 Å². The number of nitrogens with zero attached hydrogens (tertiary/aromatic N) is 4. The second-order valence-electron chi connectivity index (χ2n) is 8.52. The molecule has 0 radical (unpaired) electrons. The minimum atomic E-state index is -0.938. The van der Waals surface area contributed by atoms with Gasteiger partial charge in [-0.25, -0.2) is 15.0 Å². The highest BCUT2D eigenvalue weighted by atomic mass is 127. The molecule has 4 aromatic rings. The summed E-state index contributed by atoms with van der Waals surface area (Å²) in [5.41, 5.74) is 2.34. The third kappa shape index (κ3) is 5.40. The van der Waals surface area contributed by atoms with Gasteiger partial charge in [-0.2, -0.15) is 0 Å². The molecule has 186 valence electrons. The van der Waals surface area contributed by atoms with Gasteiger partial charge in [-0.05, 0) is 64.1 Å². The summed E-state index contributed by atoms with van der Waals surface area (Å²) in [7, 11) is 0. The Hall–Kier alpha value is -2.17. The smallest absolute Gasteiger partial charge is 0.188 e. The molecule has 3 N–H and O–H groups in total. The molecule has 1 fully saturated rings. The standard InChI is InChI=1S/C26H26IN5O2S2/c1-2-3-4-5-11-20-29-21-24(28-14-16-8-6-9-17(27)13-16)30-23(19-10-7-12-35-19)31-25(21)32(20)26-22(34)18(33)15-36-26/h6-10,12-13,18,22,26,33-34H,2-4,14-15H2,1H3,(H,28,30,31)/t18-,22-,26-/m1/s1. The lowest BCUT2D eigenvalue weighted by Crippen LogP contribution is -2.28. The van der Waals surface area contributed by atoms with Crippen LogP contribution in [0.2, 0.25) is 0 Å². The van der Waals surface area contributed by atoms with E-state index < -0.39 is 17.6 Å². The van der Waals surface area contributed by atoms with Crippen molar-refractivity contribution in [3.05, 3.63) is 56.7 Å². The number of thiophene rings is 1. The third-order valence-corrected chi connectivity index (χ3v) is 8.77. The molecule has 10 heteroatoms. The number of hydrogen-bond donors (Lipinski definition) is 3. The summed E-state index contributed by atoms with van der Waals surface area (Å²) < 4.78 is 3.05. The molecule has 1 aliphatic heterocycles. The van der Waals surface area contributed by atoms with E-state index in [4.69, 9.17) is 15.0 Å². The van der Waals surface area contributed by atoms with E-state index in [-0.39, 0.29) is 0 Å². The molecular formula is C26H26IN5O2S2. The molecule has 3 aromatic heterocycles. The molecule has 3 atom stereocenters. The number of thioether (sulfide) groups is 1. The lowest BCUT2D eigenvalue weighted by atomic mass is 10.2. The quantitative estimate of drug-likeness (QED) is 0.145. The molecule has 0 unspecified atom stereocenters. The number of rotatable bonds is 7. The van der Waals surface area contributed by atoms with E-state index in [1.54, 1.807) is 11.3 Å². The average molecular weight is 632 g/mol. The molecule has 5 rings (SSSR count). The number of fused-ring (bicyclic) bond motifs is 1. The zero-order chi connectivity index (χ0) is 25.1. The van der Waals surface area contributed by atoms with Crippen LogP contribution in [0.3, 0.4) is 0 Å². The average Bonchev–Trinajstić information content (AvgIpc) is 3.60. The monoisotopic (exact) mass is 631 g/mol. The number of aliphatic hydroxyl groups excluding tert-OH is 2. The van der Waals surface area contributed by atoms with Gasteiger partial charge in [0.1, 0.15) is 11.5 Å². The number of aliphatic hydroxyl groups is 2. The van der Waals surface area contributed by atoms with Crippen molar-refractivity contribution >= 4 is 62.7 Å². The molecule has 0 spiro atoms. The van der Waals surface area contributed by atoms with Crippen molar-refractivity contribution in [2.45, 2.75) is 50.3 Å². The highest BCUT2D eigenvalue weighted by molar-refractivity contribution is 14.1. The van der Waals surface area contributed by atoms with Crippen LogP contribution in [-0.2, 0) is 6.54 Å². The normalized spacial score (nSPS) is 19.4. The molecule has 7 nitrogen and oxygen atoms in total. The van der Waals surface area contributed by atoms with Crippen molar-refractivity contribution < 1.29 is 10.2 Å². The molecule has 4 heterocycles. The van der Waals surface area contributed by atoms with Gasteiger partial charge in [0.05, 0.1) is 11.0 Å². The number of anilines is 1. The predicted molar refractivity (Wildman–Crippen MR) is 155 cm³/mol. The second-order valence-corrected chi connectivity index (χ2v) is 11.9. The number of unbranched alkanes of at least 4 members (excludes halogenated alkanes) is 2. The van der Waals surface area contributed by atoms with Crippen LogP contribution in [0, 0.1) is 15.4 Å². The number of imidazole rings is 1. The van der Waals surface area contributed by atoms with Gasteiger partial charge in [0.2, 0.25) is 0 Å². The van der Waals surface area contributed by atoms with Crippen LogP contribution < -0.4 is 5.32 Å². The fourth-order valence-electron chi connectivity index (χ4n) is 3.99. The van der Waals surface area contributed by atoms with Crippen LogP contribution in [0.5, 0.6) is 0 Å². The number of aromatic nitrogens is 4. The van der Waals surface area contributed by atoms with Gasteiger partial charge in [-0.15, -0.1) is 23.1 Å². The molecule has 0 bridgehead atoms. The van der Waals surface area contributed by atoms with E-state index in [0.29, 0.717) is 40.9 Å². The minimum Gasteiger partial charge on any atom is -0.389 e. The second kappa shape index (κ2) is 11.5. The van der Waals surface area contributed by atoms with Crippen LogP contribution in [0.4, 0.5) is 5.82 Å². The first-order valence-corrected chi connectivity index (χ1v) is 14.8. The summed E-state index contributed by atoms with van der Waals surface area (Å²) in [4.78, 5) is 15.6. The van der Waals surface area contributed by atoms with Gasteiger partial charge < -0.3 is 15.5 Å². The maximum atomic E-state index is 10.8. The lowest BCUT2D eigenvalue weighted by Gasteiger charge is -2.18. The van der Waals surface area contributed by atoms with Gasteiger partial charge in [0, 0.05) is 22.3 Å². The molecular weight excluding hydrogens is 605 g/mol. The summed E-state index contributed by atoms with van der Waals surface area (Å²) in [6.45, 7) is 2.72. The Morgan fingerprint density at radius 1 is 1.19 bits per heavy atom.